The minimum Gasteiger partial charge on any atom is -0.497 e. The van der Waals surface area contributed by atoms with Crippen LogP contribution in [-0.4, -0.2) is 90.3 Å². The predicted molar refractivity (Wildman–Crippen MR) is 222 cm³/mol. The molecule has 7 rings (SSSR count). The van der Waals surface area contributed by atoms with Crippen molar-refractivity contribution in [1.29, 1.82) is 0 Å². The average molecular weight is 848 g/mol. The molecule has 3 N–H and O–H groups in total. The molecule has 16 heteroatoms. The SMILES string of the molecule is COc1ccc2c(O[C@@H]3C[C@H]4C(=O)N[C@]5(C(=O)NS(=O)(=O)C6CC6)CC5/C=C\CC[C@H](C)C[C@@H](C)[C@H](NC(=O)OC(C)(C)C)C(=O)N4C3)nc(-c3ccc(F)cc3)cc2c1. The van der Waals surface area contributed by atoms with Crippen molar-refractivity contribution in [3.8, 4) is 22.9 Å². The monoisotopic (exact) mass is 847 g/mol. The quantitative estimate of drug-likeness (QED) is 0.235. The van der Waals surface area contributed by atoms with Gasteiger partial charge >= 0.3 is 6.09 Å². The third-order valence-electron chi connectivity index (χ3n) is 11.7. The largest absolute Gasteiger partial charge is 0.497 e. The van der Waals surface area contributed by atoms with Gasteiger partial charge in [0.1, 0.15) is 40.9 Å². The maximum absolute atomic E-state index is 14.9. The van der Waals surface area contributed by atoms with E-state index < -0.39 is 80.2 Å². The summed E-state index contributed by atoms with van der Waals surface area (Å²) in [5.41, 5.74) is -1.30. The molecule has 2 aliphatic heterocycles. The van der Waals surface area contributed by atoms with Gasteiger partial charge in [-0.3, -0.25) is 19.1 Å². The number of fused-ring (bicyclic) bond motifs is 3. The molecule has 14 nitrogen and oxygen atoms in total. The number of carbonyl (C=O) groups is 4. The molecule has 2 aromatic carbocycles. The Bertz CT molecular complexity index is 2290. The zero-order chi connectivity index (χ0) is 43.1. The number of nitrogens with one attached hydrogen (secondary N) is 3. The van der Waals surface area contributed by atoms with E-state index in [4.69, 9.17) is 19.2 Å². The highest BCUT2D eigenvalue weighted by Crippen LogP contribution is 2.46. The molecule has 4 aliphatic rings. The molecule has 3 heterocycles. The molecule has 7 atom stereocenters. The number of aromatic nitrogens is 1. The highest BCUT2D eigenvalue weighted by molar-refractivity contribution is 7.91. The summed E-state index contributed by atoms with van der Waals surface area (Å²) in [5, 5.41) is 6.38. The first-order valence-corrected chi connectivity index (χ1v) is 22.2. The Kier molecular flexibility index (Phi) is 11.9. The van der Waals surface area contributed by atoms with Gasteiger partial charge in [0, 0.05) is 23.3 Å². The van der Waals surface area contributed by atoms with E-state index in [2.05, 4.69) is 22.3 Å². The fraction of sp³-hybridized carbons (Fsp3) is 0.523. The highest BCUT2D eigenvalue weighted by Gasteiger charge is 2.62. The minimum atomic E-state index is -3.94. The summed E-state index contributed by atoms with van der Waals surface area (Å²) in [7, 11) is -2.39. The summed E-state index contributed by atoms with van der Waals surface area (Å²) in [6.45, 7) is 9.01. The Balaban J connectivity index is 1.26. The van der Waals surface area contributed by atoms with Gasteiger partial charge in [-0.05, 0) is 125 Å². The van der Waals surface area contributed by atoms with Crippen LogP contribution in [-0.2, 0) is 29.1 Å². The molecule has 4 amide bonds. The van der Waals surface area contributed by atoms with E-state index in [-0.39, 0.29) is 37.1 Å². The standard InChI is InChI=1S/C44H54FN5O9S/c1-25-9-7-8-10-29-23-44(29,41(53)49-60(55,56)33-16-17-33)48-38(51)36-22-32(24-50(36)40(52)37(26(2)19-25)47-42(54)59-43(3,4)5)58-39-34-18-15-31(57-6)20-28(34)21-35(46-39)27-11-13-30(45)14-12-27/h8,10-15,18,20-21,25-26,29,32-33,36-37H,7,9,16-17,19,22-24H2,1-6H3,(H,47,54)(H,48,51)(H,49,53)/b10-8-/t25-,26+,29?,32+,36-,37-,44+/m0/s1. The summed E-state index contributed by atoms with van der Waals surface area (Å²) >= 11 is 0. The number of methoxy groups -OCH3 is 1. The van der Waals surface area contributed by atoms with Crippen LogP contribution in [0.2, 0.25) is 0 Å². The summed E-state index contributed by atoms with van der Waals surface area (Å²) in [6.07, 6.45) is 5.22. The summed E-state index contributed by atoms with van der Waals surface area (Å²) in [4.78, 5) is 63.0. The number of amides is 4. The van der Waals surface area contributed by atoms with E-state index in [9.17, 15) is 32.0 Å². The van der Waals surface area contributed by atoms with Crippen LogP contribution in [0, 0.1) is 23.6 Å². The molecule has 322 valence electrons. The van der Waals surface area contributed by atoms with Crippen LogP contribution in [0.15, 0.2) is 60.7 Å². The topological polar surface area (TPSA) is 182 Å². The molecule has 2 saturated carbocycles. The maximum Gasteiger partial charge on any atom is 0.408 e. The number of sulfonamides is 1. The third-order valence-corrected chi connectivity index (χ3v) is 13.5. The molecule has 3 aromatic rings. The van der Waals surface area contributed by atoms with Gasteiger partial charge in [0.25, 0.3) is 5.91 Å². The van der Waals surface area contributed by atoms with E-state index in [1.807, 2.05) is 31.2 Å². The first-order valence-electron chi connectivity index (χ1n) is 20.6. The van der Waals surface area contributed by atoms with Crippen LogP contribution in [0.1, 0.15) is 79.6 Å². The van der Waals surface area contributed by atoms with Gasteiger partial charge in [0.15, 0.2) is 0 Å². The van der Waals surface area contributed by atoms with Gasteiger partial charge in [-0.25, -0.2) is 22.6 Å². The number of allylic oxidation sites excluding steroid dienone is 1. The highest BCUT2D eigenvalue weighted by atomic mass is 32.2. The smallest absolute Gasteiger partial charge is 0.408 e. The second-order valence-electron chi connectivity index (χ2n) is 17.8. The summed E-state index contributed by atoms with van der Waals surface area (Å²) < 4.78 is 59.8. The Morgan fingerprint density at radius 1 is 1.02 bits per heavy atom. The van der Waals surface area contributed by atoms with Crippen molar-refractivity contribution < 1.29 is 46.2 Å². The predicted octanol–water partition coefficient (Wildman–Crippen LogP) is 5.79. The lowest BCUT2D eigenvalue weighted by Gasteiger charge is -2.33. The Morgan fingerprint density at radius 3 is 2.43 bits per heavy atom. The first kappa shape index (κ1) is 42.9. The Morgan fingerprint density at radius 2 is 1.75 bits per heavy atom. The Labute approximate surface area is 350 Å². The zero-order valence-electron chi connectivity index (χ0n) is 34.8. The second-order valence-corrected chi connectivity index (χ2v) is 19.7. The zero-order valence-corrected chi connectivity index (χ0v) is 35.6. The molecule has 0 bridgehead atoms. The van der Waals surface area contributed by atoms with E-state index >= 15 is 0 Å². The van der Waals surface area contributed by atoms with Crippen LogP contribution in [0.3, 0.4) is 0 Å². The summed E-state index contributed by atoms with van der Waals surface area (Å²) in [5.74, 6) is -2.38. The fourth-order valence-electron chi connectivity index (χ4n) is 8.28. The summed E-state index contributed by atoms with van der Waals surface area (Å²) in [6, 6.07) is 10.8. The number of ether oxygens (including phenoxy) is 3. The van der Waals surface area contributed by atoms with E-state index in [1.165, 1.54) is 17.0 Å². The number of halogens is 1. The minimum absolute atomic E-state index is 0.0276. The molecule has 0 radical (unpaired) electrons. The lowest BCUT2D eigenvalue weighted by Crippen LogP contribution is -2.59. The normalized spacial score (nSPS) is 27.9. The van der Waals surface area contributed by atoms with Gasteiger partial charge < -0.3 is 29.7 Å². The average Bonchev–Trinajstić information content (AvgIpc) is 4.11. The van der Waals surface area contributed by atoms with Crippen molar-refractivity contribution >= 4 is 44.6 Å². The number of hydrogen-bond donors (Lipinski definition) is 3. The maximum atomic E-state index is 14.9. The molecular formula is C44H54FN5O9S. The van der Waals surface area contributed by atoms with Crippen LogP contribution in [0.4, 0.5) is 9.18 Å². The van der Waals surface area contributed by atoms with E-state index in [1.54, 1.807) is 52.1 Å². The molecular weight excluding hydrogens is 794 g/mol. The van der Waals surface area contributed by atoms with Gasteiger partial charge in [0.2, 0.25) is 27.7 Å². The number of alkyl carbamates (subject to hydrolysis) is 1. The number of pyridine rings is 1. The van der Waals surface area contributed by atoms with Crippen molar-refractivity contribution in [3.05, 3.63) is 66.5 Å². The number of hydrogen-bond acceptors (Lipinski definition) is 10. The lowest BCUT2D eigenvalue weighted by atomic mass is 9.88. The Hall–Kier alpha value is -5.25. The van der Waals surface area contributed by atoms with Crippen LogP contribution in [0.5, 0.6) is 11.6 Å². The van der Waals surface area contributed by atoms with Crippen LogP contribution < -0.4 is 24.8 Å². The van der Waals surface area contributed by atoms with Gasteiger partial charge in [0.05, 0.1) is 24.6 Å². The van der Waals surface area contributed by atoms with Gasteiger partial charge in [-0.2, -0.15) is 0 Å². The third kappa shape index (κ3) is 9.53. The van der Waals surface area contributed by atoms with E-state index in [0.29, 0.717) is 53.5 Å². The number of carbonyl (C=O) groups excluding carboxylic acids is 4. The van der Waals surface area contributed by atoms with Crippen molar-refractivity contribution in [3.63, 3.8) is 0 Å². The van der Waals surface area contributed by atoms with Crippen molar-refractivity contribution in [2.24, 2.45) is 17.8 Å². The molecule has 60 heavy (non-hydrogen) atoms. The number of nitrogens with zero attached hydrogens (tertiary/aromatic N) is 2. The van der Waals surface area contributed by atoms with Crippen molar-refractivity contribution in [2.75, 3.05) is 13.7 Å². The first-order chi connectivity index (χ1) is 28.4. The van der Waals surface area contributed by atoms with Crippen molar-refractivity contribution in [2.45, 2.75) is 114 Å². The number of rotatable bonds is 8. The molecule has 1 saturated heterocycles. The van der Waals surface area contributed by atoms with E-state index in [0.717, 1.165) is 6.42 Å². The second kappa shape index (κ2) is 16.7. The van der Waals surface area contributed by atoms with Crippen LogP contribution in [0.25, 0.3) is 22.0 Å². The molecule has 2 aliphatic carbocycles. The lowest BCUT2D eigenvalue weighted by molar-refractivity contribution is -0.142. The molecule has 0 spiro atoms. The molecule has 1 aromatic heterocycles. The van der Waals surface area contributed by atoms with Gasteiger partial charge in [-0.1, -0.05) is 26.0 Å². The van der Waals surface area contributed by atoms with Gasteiger partial charge in [-0.15, -0.1) is 0 Å². The fourth-order valence-corrected chi connectivity index (χ4v) is 9.64. The number of benzene rings is 2. The van der Waals surface area contributed by atoms with Crippen molar-refractivity contribution in [1.82, 2.24) is 25.2 Å². The van der Waals surface area contributed by atoms with Crippen LogP contribution >= 0.6 is 0 Å². The molecule has 1 unspecified atom stereocenters. The molecule has 3 fully saturated rings.